The number of carbonyl (C=O) groups excluding carboxylic acids is 2. The summed E-state index contributed by atoms with van der Waals surface area (Å²) in [5.74, 6) is 0.675. The van der Waals surface area contributed by atoms with E-state index in [0.29, 0.717) is 18.1 Å². The molecule has 2 N–H and O–H groups in total. The Kier molecular flexibility index (Phi) is 5.42. The molecule has 1 fully saturated rings. The standard InChI is InChI=1S/C20H24N2O4/c1-13(2)10-17-19(24)22(20(25)21-17)11-15(23)12-26-18-9-5-7-14-6-3-4-8-16(14)18/h3-9,13,15,17,23H,10-12H2,1-2H3,(H,21,25)/t15-,17+/m0/s1. The summed E-state index contributed by atoms with van der Waals surface area (Å²) in [6.45, 7) is 3.91. The second-order valence-electron chi connectivity index (χ2n) is 7.02. The van der Waals surface area contributed by atoms with Crippen LogP contribution in [0.5, 0.6) is 5.75 Å². The van der Waals surface area contributed by atoms with Crippen LogP contribution in [0.15, 0.2) is 42.5 Å². The molecular formula is C20H24N2O4. The van der Waals surface area contributed by atoms with Crippen LogP contribution in [-0.4, -0.2) is 47.2 Å². The van der Waals surface area contributed by atoms with Crippen LogP contribution in [0.1, 0.15) is 20.3 Å². The SMILES string of the molecule is CC(C)C[C@H]1NC(=O)N(C[C@H](O)COc2cccc3ccccc23)C1=O. The molecule has 0 radical (unpaired) electrons. The first kappa shape index (κ1) is 18.2. The maximum atomic E-state index is 12.3. The molecule has 26 heavy (non-hydrogen) atoms. The van der Waals surface area contributed by atoms with Gasteiger partial charge in [-0.2, -0.15) is 0 Å². The highest BCUT2D eigenvalue weighted by molar-refractivity contribution is 6.04. The average molecular weight is 356 g/mol. The first-order valence-electron chi connectivity index (χ1n) is 8.86. The number of rotatable bonds is 7. The smallest absolute Gasteiger partial charge is 0.324 e. The highest BCUT2D eigenvalue weighted by Gasteiger charge is 2.38. The molecule has 0 spiro atoms. The molecule has 6 heteroatoms. The number of urea groups is 1. The van der Waals surface area contributed by atoms with Crippen LogP contribution in [0.3, 0.4) is 0 Å². The van der Waals surface area contributed by atoms with Crippen LogP contribution in [0.4, 0.5) is 4.79 Å². The number of carbonyl (C=O) groups is 2. The Morgan fingerprint density at radius 3 is 2.65 bits per heavy atom. The predicted octanol–water partition coefficient (Wildman–Crippen LogP) is 2.55. The Bertz CT molecular complexity index is 800. The van der Waals surface area contributed by atoms with E-state index in [4.69, 9.17) is 4.74 Å². The van der Waals surface area contributed by atoms with E-state index in [1.165, 1.54) is 0 Å². The minimum absolute atomic E-state index is 0.0000845. The van der Waals surface area contributed by atoms with Gasteiger partial charge in [-0.25, -0.2) is 4.79 Å². The molecule has 0 aromatic heterocycles. The lowest BCUT2D eigenvalue weighted by molar-refractivity contribution is -0.128. The van der Waals surface area contributed by atoms with E-state index in [2.05, 4.69) is 5.32 Å². The molecule has 1 aliphatic rings. The van der Waals surface area contributed by atoms with Crippen molar-refractivity contribution in [3.63, 3.8) is 0 Å². The lowest BCUT2D eigenvalue weighted by Gasteiger charge is -2.19. The van der Waals surface area contributed by atoms with E-state index in [0.717, 1.165) is 15.7 Å². The Morgan fingerprint density at radius 1 is 1.15 bits per heavy atom. The number of aliphatic hydroxyl groups is 1. The second-order valence-corrected chi connectivity index (χ2v) is 7.02. The fourth-order valence-electron chi connectivity index (χ4n) is 3.15. The van der Waals surface area contributed by atoms with Crippen molar-refractivity contribution in [3.8, 4) is 5.75 Å². The highest BCUT2D eigenvalue weighted by atomic mass is 16.5. The van der Waals surface area contributed by atoms with Crippen molar-refractivity contribution < 1.29 is 19.4 Å². The maximum absolute atomic E-state index is 12.3. The van der Waals surface area contributed by atoms with Crippen molar-refractivity contribution >= 4 is 22.7 Å². The Balaban J connectivity index is 1.59. The van der Waals surface area contributed by atoms with Crippen molar-refractivity contribution in [3.05, 3.63) is 42.5 Å². The summed E-state index contributed by atoms with van der Waals surface area (Å²) in [6.07, 6.45) is -0.370. The number of amides is 3. The first-order chi connectivity index (χ1) is 12.5. The molecule has 3 rings (SSSR count). The topological polar surface area (TPSA) is 78.9 Å². The molecule has 0 aliphatic carbocycles. The number of fused-ring (bicyclic) bond motifs is 1. The Hall–Kier alpha value is -2.60. The molecule has 1 saturated heterocycles. The predicted molar refractivity (Wildman–Crippen MR) is 98.9 cm³/mol. The fourth-order valence-corrected chi connectivity index (χ4v) is 3.15. The maximum Gasteiger partial charge on any atom is 0.324 e. The minimum Gasteiger partial charge on any atom is -0.490 e. The van der Waals surface area contributed by atoms with Gasteiger partial charge in [-0.05, 0) is 23.8 Å². The van der Waals surface area contributed by atoms with E-state index in [1.54, 1.807) is 0 Å². The summed E-state index contributed by atoms with van der Waals surface area (Å²) in [5.41, 5.74) is 0. The summed E-state index contributed by atoms with van der Waals surface area (Å²) >= 11 is 0. The van der Waals surface area contributed by atoms with Crippen LogP contribution in [0.25, 0.3) is 10.8 Å². The number of nitrogens with one attached hydrogen (secondary N) is 1. The number of imide groups is 1. The van der Waals surface area contributed by atoms with Crippen LogP contribution in [-0.2, 0) is 4.79 Å². The molecule has 0 unspecified atom stereocenters. The highest BCUT2D eigenvalue weighted by Crippen LogP contribution is 2.25. The third-order valence-corrected chi connectivity index (χ3v) is 4.39. The molecule has 1 aliphatic heterocycles. The third kappa shape index (κ3) is 3.96. The zero-order chi connectivity index (χ0) is 18.7. The van der Waals surface area contributed by atoms with Gasteiger partial charge in [0.25, 0.3) is 5.91 Å². The quantitative estimate of drug-likeness (QED) is 0.747. The van der Waals surface area contributed by atoms with E-state index < -0.39 is 18.2 Å². The van der Waals surface area contributed by atoms with Gasteiger partial charge >= 0.3 is 6.03 Å². The minimum atomic E-state index is -0.957. The van der Waals surface area contributed by atoms with E-state index in [1.807, 2.05) is 56.3 Å². The van der Waals surface area contributed by atoms with Gasteiger partial charge in [0.1, 0.15) is 24.5 Å². The normalized spacial score (nSPS) is 18.5. The molecular weight excluding hydrogens is 332 g/mol. The van der Waals surface area contributed by atoms with Crippen LogP contribution >= 0.6 is 0 Å². The third-order valence-electron chi connectivity index (χ3n) is 4.39. The van der Waals surface area contributed by atoms with Gasteiger partial charge in [0, 0.05) is 5.39 Å². The molecule has 2 atom stereocenters. The molecule has 1 heterocycles. The molecule has 0 saturated carbocycles. The summed E-state index contributed by atoms with van der Waals surface area (Å²) in [7, 11) is 0. The number of hydrogen-bond donors (Lipinski definition) is 2. The number of aliphatic hydroxyl groups excluding tert-OH is 1. The average Bonchev–Trinajstić information content (AvgIpc) is 2.86. The van der Waals surface area contributed by atoms with Gasteiger partial charge in [0.05, 0.1) is 6.54 Å². The first-order valence-corrected chi connectivity index (χ1v) is 8.86. The van der Waals surface area contributed by atoms with Crippen LogP contribution in [0, 0.1) is 5.92 Å². The molecule has 6 nitrogen and oxygen atoms in total. The van der Waals surface area contributed by atoms with Crippen molar-refractivity contribution in [2.45, 2.75) is 32.4 Å². The van der Waals surface area contributed by atoms with Gasteiger partial charge in [-0.15, -0.1) is 0 Å². The molecule has 2 aromatic carbocycles. The van der Waals surface area contributed by atoms with E-state index >= 15 is 0 Å². The summed E-state index contributed by atoms with van der Waals surface area (Å²) in [4.78, 5) is 25.4. The Morgan fingerprint density at radius 2 is 1.88 bits per heavy atom. The molecule has 0 bridgehead atoms. The summed E-state index contributed by atoms with van der Waals surface area (Å²) in [6, 6.07) is 12.6. The second kappa shape index (κ2) is 7.74. The summed E-state index contributed by atoms with van der Waals surface area (Å²) < 4.78 is 5.73. The molecule has 2 aromatic rings. The number of β-amino-alcohol motifs (C(OH)–C–C–N with tert-alkyl or cyclic N) is 1. The summed E-state index contributed by atoms with van der Waals surface area (Å²) in [5, 5.41) is 14.9. The van der Waals surface area contributed by atoms with Gasteiger partial charge in [0.15, 0.2) is 0 Å². The van der Waals surface area contributed by atoms with E-state index in [9.17, 15) is 14.7 Å². The van der Waals surface area contributed by atoms with Gasteiger partial charge in [-0.1, -0.05) is 50.2 Å². The van der Waals surface area contributed by atoms with Gasteiger partial charge in [-0.3, -0.25) is 9.69 Å². The number of hydrogen-bond acceptors (Lipinski definition) is 4. The van der Waals surface area contributed by atoms with Gasteiger partial charge < -0.3 is 15.2 Å². The van der Waals surface area contributed by atoms with E-state index in [-0.39, 0.29) is 19.1 Å². The Labute approximate surface area is 152 Å². The zero-order valence-electron chi connectivity index (χ0n) is 15.0. The zero-order valence-corrected chi connectivity index (χ0v) is 15.0. The van der Waals surface area contributed by atoms with Gasteiger partial charge in [0.2, 0.25) is 0 Å². The monoisotopic (exact) mass is 356 g/mol. The number of ether oxygens (including phenoxy) is 1. The van der Waals surface area contributed by atoms with Crippen molar-refractivity contribution in [1.82, 2.24) is 10.2 Å². The van der Waals surface area contributed by atoms with Crippen molar-refractivity contribution in [2.75, 3.05) is 13.2 Å². The van der Waals surface area contributed by atoms with Crippen molar-refractivity contribution in [2.24, 2.45) is 5.92 Å². The van der Waals surface area contributed by atoms with Crippen molar-refractivity contribution in [1.29, 1.82) is 0 Å². The number of nitrogens with zero attached hydrogens (tertiary/aromatic N) is 1. The lowest BCUT2D eigenvalue weighted by Crippen LogP contribution is -2.40. The largest absolute Gasteiger partial charge is 0.490 e. The lowest BCUT2D eigenvalue weighted by atomic mass is 10.0. The number of benzene rings is 2. The van der Waals surface area contributed by atoms with Crippen LogP contribution in [0.2, 0.25) is 0 Å². The van der Waals surface area contributed by atoms with Crippen LogP contribution < -0.4 is 10.1 Å². The molecule has 3 amide bonds. The fraction of sp³-hybridized carbons (Fsp3) is 0.400. The molecule has 138 valence electrons.